The summed E-state index contributed by atoms with van der Waals surface area (Å²) in [6, 6.07) is 17.9. The van der Waals surface area contributed by atoms with E-state index in [9.17, 15) is 0 Å². The molecule has 106 valence electrons. The van der Waals surface area contributed by atoms with Crippen LogP contribution in [0, 0.1) is 6.92 Å². The maximum absolute atomic E-state index is 3.72. The molecule has 0 spiro atoms. The van der Waals surface area contributed by atoms with Crippen LogP contribution < -0.4 is 5.32 Å². The molecule has 0 fully saturated rings. The van der Waals surface area contributed by atoms with Crippen LogP contribution in [0.1, 0.15) is 49.4 Å². The Morgan fingerprint density at radius 2 is 1.65 bits per heavy atom. The first-order valence-corrected chi connectivity index (χ1v) is 7.65. The lowest BCUT2D eigenvalue weighted by molar-refractivity contribution is 0.746. The summed E-state index contributed by atoms with van der Waals surface area (Å²) in [6.45, 7) is 6.60. The molecule has 0 bridgehead atoms. The summed E-state index contributed by atoms with van der Waals surface area (Å²) >= 11 is 0. The van der Waals surface area contributed by atoms with Gasteiger partial charge in [-0.1, -0.05) is 68.3 Å². The number of rotatable bonds is 6. The van der Waals surface area contributed by atoms with E-state index in [4.69, 9.17) is 0 Å². The normalized spacial score (nSPS) is 12.2. The lowest BCUT2D eigenvalue weighted by atomic mass is 10.0. The molecular formula is C19H25N. The molecule has 2 rings (SSSR count). The average Bonchev–Trinajstić information content (AvgIpc) is 2.48. The smallest absolute Gasteiger partial charge is 0.0511 e. The van der Waals surface area contributed by atoms with Crippen molar-refractivity contribution in [3.8, 4) is 0 Å². The van der Waals surface area contributed by atoms with Gasteiger partial charge in [-0.25, -0.2) is 0 Å². The highest BCUT2D eigenvalue weighted by atomic mass is 14.9. The Balaban J connectivity index is 2.20. The summed E-state index contributed by atoms with van der Waals surface area (Å²) in [4.78, 5) is 0. The second-order valence-corrected chi connectivity index (χ2v) is 5.42. The van der Waals surface area contributed by atoms with Crippen molar-refractivity contribution in [2.24, 2.45) is 0 Å². The molecule has 0 heterocycles. The fourth-order valence-corrected chi connectivity index (χ4v) is 2.56. The molecule has 0 aliphatic rings. The molecule has 1 atom stereocenters. The van der Waals surface area contributed by atoms with Crippen molar-refractivity contribution in [3.63, 3.8) is 0 Å². The zero-order valence-electron chi connectivity index (χ0n) is 12.8. The zero-order chi connectivity index (χ0) is 14.4. The van der Waals surface area contributed by atoms with Gasteiger partial charge >= 0.3 is 0 Å². The third-order valence-electron chi connectivity index (χ3n) is 3.75. The van der Waals surface area contributed by atoms with E-state index >= 15 is 0 Å². The summed E-state index contributed by atoms with van der Waals surface area (Å²) in [5.74, 6) is 0. The van der Waals surface area contributed by atoms with Gasteiger partial charge in [0.05, 0.1) is 6.04 Å². The van der Waals surface area contributed by atoms with Crippen LogP contribution in [0.15, 0.2) is 48.5 Å². The van der Waals surface area contributed by atoms with E-state index in [1.807, 2.05) is 0 Å². The van der Waals surface area contributed by atoms with Gasteiger partial charge in [0, 0.05) is 5.69 Å². The predicted molar refractivity (Wildman–Crippen MR) is 88.3 cm³/mol. The van der Waals surface area contributed by atoms with Crippen LogP contribution in [0.5, 0.6) is 0 Å². The van der Waals surface area contributed by atoms with Gasteiger partial charge in [0.25, 0.3) is 0 Å². The summed E-state index contributed by atoms with van der Waals surface area (Å²) in [6.07, 6.45) is 3.40. The number of hydrogen-bond acceptors (Lipinski definition) is 1. The second kappa shape index (κ2) is 7.14. The Bertz CT molecular complexity index is 528. The fraction of sp³-hybridized carbons (Fsp3) is 0.368. The maximum Gasteiger partial charge on any atom is 0.0511 e. The van der Waals surface area contributed by atoms with Gasteiger partial charge in [-0.3, -0.25) is 0 Å². The van der Waals surface area contributed by atoms with Gasteiger partial charge in [0.2, 0.25) is 0 Å². The zero-order valence-corrected chi connectivity index (χ0v) is 12.8. The minimum Gasteiger partial charge on any atom is -0.378 e. The molecule has 0 amide bonds. The van der Waals surface area contributed by atoms with Crippen LogP contribution in [0.25, 0.3) is 0 Å². The van der Waals surface area contributed by atoms with E-state index in [0.717, 1.165) is 12.8 Å². The average molecular weight is 267 g/mol. The number of para-hydroxylation sites is 1. The first-order chi connectivity index (χ1) is 9.74. The topological polar surface area (TPSA) is 12.0 Å². The molecule has 2 aromatic carbocycles. The summed E-state index contributed by atoms with van der Waals surface area (Å²) in [5.41, 5.74) is 5.38. The standard InChI is InChI=1S/C19H25N/c1-4-8-16-9-6-7-10-19(16)20-18(5-2)17-13-11-15(3)12-14-17/h6-7,9-14,18,20H,4-5,8H2,1-3H3. The first kappa shape index (κ1) is 14.6. The van der Waals surface area contributed by atoms with Crippen molar-refractivity contribution in [1.29, 1.82) is 0 Å². The number of anilines is 1. The Kier molecular flexibility index (Phi) is 5.23. The molecule has 1 unspecified atom stereocenters. The monoisotopic (exact) mass is 267 g/mol. The van der Waals surface area contributed by atoms with E-state index in [0.29, 0.717) is 6.04 Å². The van der Waals surface area contributed by atoms with Gasteiger partial charge in [0.15, 0.2) is 0 Å². The molecule has 1 nitrogen and oxygen atoms in total. The summed E-state index contributed by atoms with van der Waals surface area (Å²) in [5, 5.41) is 3.72. The van der Waals surface area contributed by atoms with Gasteiger partial charge in [-0.2, -0.15) is 0 Å². The Hall–Kier alpha value is -1.76. The SMILES string of the molecule is CCCc1ccccc1NC(CC)c1ccc(C)cc1. The van der Waals surface area contributed by atoms with Crippen molar-refractivity contribution >= 4 is 5.69 Å². The molecule has 0 radical (unpaired) electrons. The molecule has 0 aliphatic heterocycles. The first-order valence-electron chi connectivity index (χ1n) is 7.65. The molecule has 0 saturated heterocycles. The highest BCUT2D eigenvalue weighted by Crippen LogP contribution is 2.25. The Labute approximate surface area is 123 Å². The largest absolute Gasteiger partial charge is 0.378 e. The lowest BCUT2D eigenvalue weighted by Crippen LogP contribution is -2.11. The predicted octanol–water partition coefficient (Wildman–Crippen LogP) is 5.51. The van der Waals surface area contributed by atoms with Crippen molar-refractivity contribution in [3.05, 3.63) is 65.2 Å². The maximum atomic E-state index is 3.72. The molecule has 1 heteroatoms. The van der Waals surface area contributed by atoms with E-state index < -0.39 is 0 Å². The molecule has 0 aliphatic carbocycles. The van der Waals surface area contributed by atoms with Gasteiger partial charge < -0.3 is 5.32 Å². The quantitative estimate of drug-likeness (QED) is 0.727. The highest BCUT2D eigenvalue weighted by Gasteiger charge is 2.10. The van der Waals surface area contributed by atoms with Gasteiger partial charge in [0.1, 0.15) is 0 Å². The van der Waals surface area contributed by atoms with Crippen LogP contribution in [0.4, 0.5) is 5.69 Å². The molecule has 20 heavy (non-hydrogen) atoms. The minimum absolute atomic E-state index is 0.383. The van der Waals surface area contributed by atoms with E-state index in [-0.39, 0.29) is 0 Å². The van der Waals surface area contributed by atoms with Crippen molar-refractivity contribution in [1.82, 2.24) is 0 Å². The molecule has 1 N–H and O–H groups in total. The van der Waals surface area contributed by atoms with Crippen LogP contribution >= 0.6 is 0 Å². The minimum atomic E-state index is 0.383. The summed E-state index contributed by atoms with van der Waals surface area (Å²) < 4.78 is 0. The lowest BCUT2D eigenvalue weighted by Gasteiger charge is -2.21. The van der Waals surface area contributed by atoms with E-state index in [1.54, 1.807) is 0 Å². The number of nitrogens with one attached hydrogen (secondary N) is 1. The number of hydrogen-bond donors (Lipinski definition) is 1. The number of aryl methyl sites for hydroxylation is 2. The molecule has 0 aromatic heterocycles. The van der Waals surface area contributed by atoms with Crippen molar-refractivity contribution in [2.75, 3.05) is 5.32 Å². The number of benzene rings is 2. The Morgan fingerprint density at radius 1 is 0.950 bits per heavy atom. The molecule has 0 saturated carbocycles. The van der Waals surface area contributed by atoms with E-state index in [1.165, 1.54) is 28.8 Å². The van der Waals surface area contributed by atoms with Crippen LogP contribution in [-0.2, 0) is 6.42 Å². The molecular weight excluding hydrogens is 242 g/mol. The second-order valence-electron chi connectivity index (χ2n) is 5.42. The van der Waals surface area contributed by atoms with E-state index in [2.05, 4.69) is 74.6 Å². The van der Waals surface area contributed by atoms with Crippen molar-refractivity contribution < 1.29 is 0 Å². The Morgan fingerprint density at radius 3 is 2.30 bits per heavy atom. The highest BCUT2D eigenvalue weighted by molar-refractivity contribution is 5.52. The van der Waals surface area contributed by atoms with Gasteiger partial charge in [-0.15, -0.1) is 0 Å². The fourth-order valence-electron chi connectivity index (χ4n) is 2.56. The van der Waals surface area contributed by atoms with Gasteiger partial charge in [-0.05, 0) is 37.0 Å². The van der Waals surface area contributed by atoms with Crippen LogP contribution in [-0.4, -0.2) is 0 Å². The summed E-state index contributed by atoms with van der Waals surface area (Å²) in [7, 11) is 0. The van der Waals surface area contributed by atoms with Crippen LogP contribution in [0.3, 0.4) is 0 Å². The third kappa shape index (κ3) is 3.63. The van der Waals surface area contributed by atoms with Crippen LogP contribution in [0.2, 0.25) is 0 Å². The third-order valence-corrected chi connectivity index (χ3v) is 3.75. The molecule has 2 aromatic rings. The van der Waals surface area contributed by atoms with Crippen molar-refractivity contribution in [2.45, 2.75) is 46.1 Å².